The quantitative estimate of drug-likeness (QED) is 0.882. The zero-order valence-corrected chi connectivity index (χ0v) is 13.4. The maximum atomic E-state index is 12.0. The van der Waals surface area contributed by atoms with Gasteiger partial charge in [-0.05, 0) is 50.6 Å². The number of halogens is 1. The van der Waals surface area contributed by atoms with E-state index in [1.807, 2.05) is 25.1 Å². The van der Waals surface area contributed by atoms with Crippen molar-refractivity contribution in [3.05, 3.63) is 28.2 Å². The third-order valence-corrected chi connectivity index (χ3v) is 5.51. The zero-order chi connectivity index (χ0) is 13.7. The van der Waals surface area contributed by atoms with Gasteiger partial charge in [-0.1, -0.05) is 22.0 Å². The Labute approximate surface area is 127 Å². The highest BCUT2D eigenvalue weighted by Crippen LogP contribution is 2.24. The highest BCUT2D eigenvalue weighted by Gasteiger charge is 2.15. The van der Waals surface area contributed by atoms with Crippen LogP contribution in [0, 0.1) is 6.92 Å². The normalized spacial score (nSPS) is 16.3. The zero-order valence-electron chi connectivity index (χ0n) is 11.0. The molecular weight excluding hydrogens is 324 g/mol. The first-order chi connectivity index (χ1) is 9.16. The van der Waals surface area contributed by atoms with Gasteiger partial charge in [-0.25, -0.2) is 0 Å². The van der Waals surface area contributed by atoms with Crippen molar-refractivity contribution < 1.29 is 4.79 Å². The van der Waals surface area contributed by atoms with Crippen LogP contribution in [0.15, 0.2) is 22.7 Å². The van der Waals surface area contributed by atoms with Gasteiger partial charge >= 0.3 is 0 Å². The van der Waals surface area contributed by atoms with Crippen LogP contribution in [0.25, 0.3) is 0 Å². The van der Waals surface area contributed by atoms with Crippen LogP contribution in [0.2, 0.25) is 0 Å². The van der Waals surface area contributed by atoms with E-state index in [1.54, 1.807) is 11.8 Å². The number of amides is 1. The summed E-state index contributed by atoms with van der Waals surface area (Å²) in [5, 5.41) is 6.94. The van der Waals surface area contributed by atoms with E-state index < -0.39 is 0 Å². The number of hydrogen-bond acceptors (Lipinski definition) is 3. The molecule has 0 atom stereocenters. The second-order valence-corrected chi connectivity index (χ2v) is 6.86. The van der Waals surface area contributed by atoms with Crippen molar-refractivity contribution >= 4 is 39.3 Å². The number of benzene rings is 1. The Morgan fingerprint density at radius 1 is 1.47 bits per heavy atom. The van der Waals surface area contributed by atoms with Crippen LogP contribution in [0.1, 0.15) is 18.4 Å². The van der Waals surface area contributed by atoms with Crippen LogP contribution in [-0.4, -0.2) is 30.0 Å². The van der Waals surface area contributed by atoms with Gasteiger partial charge in [-0.2, -0.15) is 0 Å². The number of anilines is 1. The molecule has 1 amide bonds. The smallest absolute Gasteiger partial charge is 0.234 e. The van der Waals surface area contributed by atoms with Crippen molar-refractivity contribution in [2.24, 2.45) is 0 Å². The average Bonchev–Trinajstić information content (AvgIpc) is 2.43. The molecule has 1 aliphatic rings. The summed E-state index contributed by atoms with van der Waals surface area (Å²) in [6.45, 7) is 4.15. The highest BCUT2D eigenvalue weighted by molar-refractivity contribution is 9.10. The van der Waals surface area contributed by atoms with Crippen molar-refractivity contribution in [3.63, 3.8) is 0 Å². The van der Waals surface area contributed by atoms with Crippen molar-refractivity contribution in [3.8, 4) is 0 Å². The van der Waals surface area contributed by atoms with Gasteiger partial charge in [0.15, 0.2) is 0 Å². The van der Waals surface area contributed by atoms with Gasteiger partial charge < -0.3 is 10.6 Å². The molecule has 19 heavy (non-hydrogen) atoms. The molecule has 1 heterocycles. The fourth-order valence-electron chi connectivity index (χ4n) is 2.08. The molecule has 0 radical (unpaired) electrons. The summed E-state index contributed by atoms with van der Waals surface area (Å²) in [7, 11) is 0. The molecule has 0 aromatic heterocycles. The lowest BCUT2D eigenvalue weighted by molar-refractivity contribution is -0.113. The summed E-state index contributed by atoms with van der Waals surface area (Å²) < 4.78 is 1.02. The van der Waals surface area contributed by atoms with Crippen LogP contribution >= 0.6 is 27.7 Å². The first-order valence-corrected chi connectivity index (χ1v) is 8.38. The van der Waals surface area contributed by atoms with E-state index in [4.69, 9.17) is 0 Å². The molecule has 0 unspecified atom stereocenters. The number of carbonyl (C=O) groups is 1. The highest BCUT2D eigenvalue weighted by atomic mass is 79.9. The lowest BCUT2D eigenvalue weighted by Crippen LogP contribution is -2.30. The number of carbonyl (C=O) groups excluding carboxylic acids is 1. The minimum absolute atomic E-state index is 0.0877. The fourth-order valence-corrected chi connectivity index (χ4v) is 3.48. The van der Waals surface area contributed by atoms with Gasteiger partial charge in [-0.15, -0.1) is 11.8 Å². The minimum atomic E-state index is 0.0877. The van der Waals surface area contributed by atoms with Gasteiger partial charge in [0.05, 0.1) is 5.75 Å². The minimum Gasteiger partial charge on any atom is -0.325 e. The predicted octanol–water partition coefficient (Wildman–Crippen LogP) is 3.18. The Balaban J connectivity index is 1.82. The van der Waals surface area contributed by atoms with Gasteiger partial charge in [0.2, 0.25) is 5.91 Å². The largest absolute Gasteiger partial charge is 0.325 e. The Morgan fingerprint density at radius 3 is 2.95 bits per heavy atom. The molecule has 0 bridgehead atoms. The summed E-state index contributed by atoms with van der Waals surface area (Å²) in [5.41, 5.74) is 1.97. The van der Waals surface area contributed by atoms with Crippen molar-refractivity contribution in [2.75, 3.05) is 24.2 Å². The molecule has 2 N–H and O–H groups in total. The van der Waals surface area contributed by atoms with Gasteiger partial charge in [0, 0.05) is 15.4 Å². The molecule has 0 spiro atoms. The first kappa shape index (κ1) is 14.9. The molecule has 1 aliphatic heterocycles. The number of thioether (sulfide) groups is 1. The van der Waals surface area contributed by atoms with Crippen molar-refractivity contribution in [1.29, 1.82) is 0 Å². The number of piperidine rings is 1. The van der Waals surface area contributed by atoms with E-state index in [0.717, 1.165) is 41.7 Å². The molecule has 104 valence electrons. The molecule has 0 aliphatic carbocycles. The number of rotatable bonds is 4. The van der Waals surface area contributed by atoms with Crippen LogP contribution in [-0.2, 0) is 4.79 Å². The molecular formula is C14H19BrN2OS. The van der Waals surface area contributed by atoms with Crippen LogP contribution in [0.4, 0.5) is 5.69 Å². The molecule has 1 aromatic rings. The Bertz CT molecular complexity index is 447. The third-order valence-electron chi connectivity index (χ3n) is 3.28. The fraction of sp³-hybridized carbons (Fsp3) is 0.500. The molecule has 0 saturated carbocycles. The lowest BCUT2D eigenvalue weighted by Gasteiger charge is -2.21. The Kier molecular flexibility index (Phi) is 5.73. The van der Waals surface area contributed by atoms with Gasteiger partial charge in [0.25, 0.3) is 0 Å². The first-order valence-electron chi connectivity index (χ1n) is 6.54. The van der Waals surface area contributed by atoms with E-state index in [2.05, 4.69) is 26.6 Å². The van der Waals surface area contributed by atoms with E-state index >= 15 is 0 Å². The van der Waals surface area contributed by atoms with Crippen LogP contribution in [0.3, 0.4) is 0 Å². The SMILES string of the molecule is Cc1c(Br)cccc1NC(=O)CSC1CCNCC1. The standard InChI is InChI=1S/C14H19BrN2OS/c1-10-12(15)3-2-4-13(10)17-14(18)9-19-11-5-7-16-8-6-11/h2-4,11,16H,5-9H2,1H3,(H,17,18). The second-order valence-electron chi connectivity index (χ2n) is 4.72. The molecule has 1 fully saturated rings. The molecule has 3 nitrogen and oxygen atoms in total. The van der Waals surface area contributed by atoms with E-state index in [9.17, 15) is 4.79 Å². The maximum Gasteiger partial charge on any atom is 0.234 e. The lowest BCUT2D eigenvalue weighted by atomic mass is 10.2. The van der Waals surface area contributed by atoms with E-state index in [0.29, 0.717) is 11.0 Å². The molecule has 2 rings (SSSR count). The number of hydrogen-bond donors (Lipinski definition) is 2. The topological polar surface area (TPSA) is 41.1 Å². The van der Waals surface area contributed by atoms with Crippen LogP contribution < -0.4 is 10.6 Å². The van der Waals surface area contributed by atoms with Crippen LogP contribution in [0.5, 0.6) is 0 Å². The average molecular weight is 343 g/mol. The maximum absolute atomic E-state index is 12.0. The monoisotopic (exact) mass is 342 g/mol. The molecule has 5 heteroatoms. The predicted molar refractivity (Wildman–Crippen MR) is 85.9 cm³/mol. The van der Waals surface area contributed by atoms with Gasteiger partial charge in [-0.3, -0.25) is 4.79 Å². The molecule has 1 aromatic carbocycles. The summed E-state index contributed by atoms with van der Waals surface area (Å²) in [5.74, 6) is 0.626. The summed E-state index contributed by atoms with van der Waals surface area (Å²) >= 11 is 5.25. The second kappa shape index (κ2) is 7.31. The van der Waals surface area contributed by atoms with Crippen molar-refractivity contribution in [2.45, 2.75) is 25.0 Å². The molecule has 1 saturated heterocycles. The Hall–Kier alpha value is -0.520. The van der Waals surface area contributed by atoms with E-state index in [-0.39, 0.29) is 5.91 Å². The summed E-state index contributed by atoms with van der Waals surface area (Å²) in [6.07, 6.45) is 2.32. The Morgan fingerprint density at radius 2 is 2.21 bits per heavy atom. The summed E-state index contributed by atoms with van der Waals surface area (Å²) in [4.78, 5) is 12.0. The van der Waals surface area contributed by atoms with Gasteiger partial charge in [0.1, 0.15) is 0 Å². The van der Waals surface area contributed by atoms with Crippen molar-refractivity contribution in [1.82, 2.24) is 5.32 Å². The summed E-state index contributed by atoms with van der Waals surface area (Å²) in [6, 6.07) is 5.86. The van der Waals surface area contributed by atoms with E-state index in [1.165, 1.54) is 0 Å². The number of nitrogens with one attached hydrogen (secondary N) is 2. The third kappa shape index (κ3) is 4.51.